The Balaban J connectivity index is 2.38. The molecule has 1 aromatic heterocycles. The van der Waals surface area contributed by atoms with E-state index in [2.05, 4.69) is 57.3 Å². The van der Waals surface area contributed by atoms with E-state index >= 15 is 0 Å². The lowest BCUT2D eigenvalue weighted by molar-refractivity contribution is 0.357. The lowest BCUT2D eigenvalue weighted by atomic mass is 10.0. The van der Waals surface area contributed by atoms with Crippen LogP contribution >= 0.6 is 0 Å². The third kappa shape index (κ3) is 2.59. The van der Waals surface area contributed by atoms with Crippen LogP contribution < -0.4 is 5.32 Å². The maximum absolute atomic E-state index is 5.98. The van der Waals surface area contributed by atoms with Crippen LogP contribution in [0.2, 0.25) is 0 Å². The van der Waals surface area contributed by atoms with Crippen LogP contribution in [0.3, 0.4) is 0 Å². The molecule has 0 bridgehead atoms. The van der Waals surface area contributed by atoms with Crippen LogP contribution in [0.15, 0.2) is 28.7 Å². The molecule has 1 atom stereocenters. The fraction of sp³-hybridized carbons (Fsp3) is 0.500. The number of benzene rings is 1. The van der Waals surface area contributed by atoms with Gasteiger partial charge in [0.15, 0.2) is 0 Å². The zero-order chi connectivity index (χ0) is 13.1. The van der Waals surface area contributed by atoms with Crippen molar-refractivity contribution in [2.75, 3.05) is 6.54 Å². The molecule has 98 valence electrons. The highest BCUT2D eigenvalue weighted by Crippen LogP contribution is 2.28. The third-order valence-corrected chi connectivity index (χ3v) is 3.41. The van der Waals surface area contributed by atoms with Gasteiger partial charge >= 0.3 is 0 Å². The van der Waals surface area contributed by atoms with Gasteiger partial charge in [0.2, 0.25) is 0 Å². The highest BCUT2D eigenvalue weighted by atomic mass is 16.3. The van der Waals surface area contributed by atoms with Crippen molar-refractivity contribution in [3.63, 3.8) is 0 Å². The van der Waals surface area contributed by atoms with Crippen LogP contribution in [0.1, 0.15) is 45.1 Å². The van der Waals surface area contributed by atoms with Crippen molar-refractivity contribution in [1.82, 2.24) is 5.32 Å². The average Bonchev–Trinajstić information content (AvgIpc) is 2.77. The number of fused-ring (bicyclic) bond motifs is 1. The first-order valence-electron chi connectivity index (χ1n) is 6.91. The second-order valence-electron chi connectivity index (χ2n) is 5.15. The molecule has 1 N–H and O–H groups in total. The Bertz CT molecular complexity index is 513. The molecular weight excluding hydrogens is 222 g/mol. The Kier molecular flexibility index (Phi) is 4.07. The van der Waals surface area contributed by atoms with Gasteiger partial charge in [0.1, 0.15) is 11.3 Å². The minimum atomic E-state index is 0.299. The lowest BCUT2D eigenvalue weighted by Gasteiger charge is -2.18. The van der Waals surface area contributed by atoms with Crippen LogP contribution in [0.25, 0.3) is 11.0 Å². The summed E-state index contributed by atoms with van der Waals surface area (Å²) in [7, 11) is 0. The molecule has 0 aliphatic heterocycles. The molecule has 1 unspecified atom stereocenters. The van der Waals surface area contributed by atoms with E-state index in [0.717, 1.165) is 24.3 Å². The van der Waals surface area contributed by atoms with Gasteiger partial charge in [-0.05, 0) is 42.6 Å². The normalized spacial score (nSPS) is 13.4. The zero-order valence-electron chi connectivity index (χ0n) is 11.8. The minimum Gasteiger partial charge on any atom is -0.459 e. The Morgan fingerprint density at radius 1 is 1.17 bits per heavy atom. The van der Waals surface area contributed by atoms with Gasteiger partial charge in [0.05, 0.1) is 6.04 Å². The van der Waals surface area contributed by atoms with Crippen molar-refractivity contribution in [2.45, 2.75) is 40.2 Å². The molecule has 1 heterocycles. The maximum atomic E-state index is 5.98. The van der Waals surface area contributed by atoms with Gasteiger partial charge in [0.25, 0.3) is 0 Å². The molecule has 2 nitrogen and oxygen atoms in total. The van der Waals surface area contributed by atoms with Crippen molar-refractivity contribution in [1.29, 1.82) is 0 Å². The van der Waals surface area contributed by atoms with Gasteiger partial charge in [-0.3, -0.25) is 0 Å². The largest absolute Gasteiger partial charge is 0.459 e. The van der Waals surface area contributed by atoms with Crippen molar-refractivity contribution < 1.29 is 4.42 Å². The number of hydrogen-bond donors (Lipinski definition) is 1. The zero-order valence-corrected chi connectivity index (χ0v) is 11.8. The summed E-state index contributed by atoms with van der Waals surface area (Å²) in [6.07, 6.45) is 1.07. The Morgan fingerprint density at radius 3 is 2.56 bits per heavy atom. The van der Waals surface area contributed by atoms with E-state index in [-0.39, 0.29) is 0 Å². The molecule has 0 saturated carbocycles. The van der Waals surface area contributed by atoms with Gasteiger partial charge in [0, 0.05) is 5.39 Å². The Morgan fingerprint density at radius 2 is 1.94 bits per heavy atom. The highest BCUT2D eigenvalue weighted by molar-refractivity contribution is 5.78. The first-order chi connectivity index (χ1) is 8.65. The van der Waals surface area contributed by atoms with E-state index in [1.807, 2.05) is 0 Å². The van der Waals surface area contributed by atoms with Crippen molar-refractivity contribution in [2.24, 2.45) is 5.92 Å². The molecule has 2 heteroatoms. The first-order valence-corrected chi connectivity index (χ1v) is 6.91. The fourth-order valence-electron chi connectivity index (χ4n) is 2.37. The standard InChI is InChI=1S/C16H23NO/c1-5-12-7-8-14-13(9-12)10-15(18-14)16(11(3)4)17-6-2/h7-11,16-17H,5-6H2,1-4H3. The molecule has 2 aromatic rings. The van der Waals surface area contributed by atoms with E-state index in [1.165, 1.54) is 10.9 Å². The molecule has 1 aromatic carbocycles. The summed E-state index contributed by atoms with van der Waals surface area (Å²) in [4.78, 5) is 0. The van der Waals surface area contributed by atoms with Gasteiger partial charge < -0.3 is 9.73 Å². The van der Waals surface area contributed by atoms with Gasteiger partial charge in [-0.2, -0.15) is 0 Å². The van der Waals surface area contributed by atoms with Gasteiger partial charge in [-0.25, -0.2) is 0 Å². The van der Waals surface area contributed by atoms with Crippen LogP contribution in [0, 0.1) is 5.92 Å². The highest BCUT2D eigenvalue weighted by Gasteiger charge is 2.18. The molecule has 0 aliphatic carbocycles. The summed E-state index contributed by atoms with van der Waals surface area (Å²) in [5, 5.41) is 4.71. The molecule has 0 saturated heterocycles. The van der Waals surface area contributed by atoms with E-state index in [0.29, 0.717) is 12.0 Å². The summed E-state index contributed by atoms with van der Waals surface area (Å²) in [6.45, 7) is 9.71. The van der Waals surface area contributed by atoms with Gasteiger partial charge in [-0.1, -0.05) is 33.8 Å². The Hall–Kier alpha value is -1.28. The summed E-state index contributed by atoms with van der Waals surface area (Å²) < 4.78 is 5.98. The average molecular weight is 245 g/mol. The van der Waals surface area contributed by atoms with Crippen molar-refractivity contribution >= 4 is 11.0 Å². The Labute approximate surface area is 109 Å². The number of nitrogens with one attached hydrogen (secondary N) is 1. The van der Waals surface area contributed by atoms with E-state index < -0.39 is 0 Å². The predicted octanol–water partition coefficient (Wildman–Crippen LogP) is 4.30. The summed E-state index contributed by atoms with van der Waals surface area (Å²) in [5.74, 6) is 1.58. The van der Waals surface area contributed by atoms with E-state index in [9.17, 15) is 0 Å². The van der Waals surface area contributed by atoms with Crippen molar-refractivity contribution in [3.05, 3.63) is 35.6 Å². The summed E-state index contributed by atoms with van der Waals surface area (Å²) in [5.41, 5.74) is 2.35. The molecule has 0 spiro atoms. The first kappa shape index (κ1) is 13.2. The molecular formula is C16H23NO. The van der Waals surface area contributed by atoms with Crippen molar-refractivity contribution in [3.8, 4) is 0 Å². The molecule has 0 radical (unpaired) electrons. The quantitative estimate of drug-likeness (QED) is 0.849. The fourth-order valence-corrected chi connectivity index (χ4v) is 2.37. The number of aryl methyl sites for hydroxylation is 1. The summed E-state index contributed by atoms with van der Waals surface area (Å²) in [6, 6.07) is 8.94. The minimum absolute atomic E-state index is 0.299. The molecule has 0 fully saturated rings. The SMILES string of the molecule is CCNC(c1cc2cc(CC)ccc2o1)C(C)C. The van der Waals surface area contributed by atoms with E-state index in [1.54, 1.807) is 0 Å². The lowest BCUT2D eigenvalue weighted by Crippen LogP contribution is -2.24. The summed E-state index contributed by atoms with van der Waals surface area (Å²) >= 11 is 0. The molecule has 0 amide bonds. The third-order valence-electron chi connectivity index (χ3n) is 3.41. The van der Waals surface area contributed by atoms with Crippen LogP contribution in [0.4, 0.5) is 0 Å². The molecule has 18 heavy (non-hydrogen) atoms. The van der Waals surface area contributed by atoms with Crippen LogP contribution in [-0.2, 0) is 6.42 Å². The topological polar surface area (TPSA) is 25.2 Å². The number of rotatable bonds is 5. The maximum Gasteiger partial charge on any atom is 0.134 e. The molecule has 2 rings (SSSR count). The second-order valence-corrected chi connectivity index (χ2v) is 5.15. The van der Waals surface area contributed by atoms with Gasteiger partial charge in [-0.15, -0.1) is 0 Å². The van der Waals surface area contributed by atoms with Crippen LogP contribution in [-0.4, -0.2) is 6.54 Å². The monoisotopic (exact) mass is 245 g/mol. The van der Waals surface area contributed by atoms with E-state index in [4.69, 9.17) is 4.42 Å². The van der Waals surface area contributed by atoms with Crippen LogP contribution in [0.5, 0.6) is 0 Å². The number of furan rings is 1. The smallest absolute Gasteiger partial charge is 0.134 e. The second kappa shape index (κ2) is 5.57. The predicted molar refractivity (Wildman–Crippen MR) is 76.8 cm³/mol. The molecule has 0 aliphatic rings. The number of hydrogen-bond acceptors (Lipinski definition) is 2.